The lowest BCUT2D eigenvalue weighted by Gasteiger charge is -2.32. The first-order chi connectivity index (χ1) is 11.0. The van der Waals surface area contributed by atoms with Crippen LogP contribution < -0.4 is 0 Å². The second-order valence-corrected chi connectivity index (χ2v) is 8.18. The molecule has 0 unspecified atom stereocenters. The molecule has 0 amide bonds. The molecule has 1 fully saturated rings. The summed E-state index contributed by atoms with van der Waals surface area (Å²) < 4.78 is 27.1. The predicted octanol–water partition coefficient (Wildman–Crippen LogP) is 2.06. The van der Waals surface area contributed by atoms with Crippen LogP contribution in [0.15, 0.2) is 36.4 Å². The molecule has 1 aliphatic heterocycles. The van der Waals surface area contributed by atoms with Crippen LogP contribution in [0.5, 0.6) is 0 Å². The van der Waals surface area contributed by atoms with Gasteiger partial charge in [-0.05, 0) is 18.9 Å². The first-order valence-corrected chi connectivity index (χ1v) is 9.16. The summed E-state index contributed by atoms with van der Waals surface area (Å²) in [7, 11) is -0.159. The highest BCUT2D eigenvalue weighted by atomic mass is 32.2. The van der Waals surface area contributed by atoms with Gasteiger partial charge in [0, 0.05) is 44.4 Å². The molecule has 0 atom stereocenters. The summed E-state index contributed by atoms with van der Waals surface area (Å²) in [6.07, 6.45) is 1.62. The van der Waals surface area contributed by atoms with Crippen molar-refractivity contribution in [2.75, 3.05) is 27.2 Å². The Morgan fingerprint density at radius 2 is 1.83 bits per heavy atom. The second-order valence-electron chi connectivity index (χ2n) is 6.04. The Hall–Kier alpha value is -1.70. The monoisotopic (exact) mass is 334 g/mol. The first kappa shape index (κ1) is 16.2. The van der Waals surface area contributed by atoms with E-state index < -0.39 is 10.2 Å². The molecule has 0 saturated carbocycles. The molecule has 23 heavy (non-hydrogen) atoms. The fourth-order valence-electron chi connectivity index (χ4n) is 2.93. The smallest absolute Gasteiger partial charge is 0.281 e. The lowest BCUT2D eigenvalue weighted by Crippen LogP contribution is -2.44. The number of nitrogens with zero attached hydrogens (tertiary/aromatic N) is 3. The zero-order valence-corrected chi connectivity index (χ0v) is 14.3. The summed E-state index contributed by atoms with van der Waals surface area (Å²) >= 11 is 0. The van der Waals surface area contributed by atoms with Gasteiger partial charge in [0.15, 0.2) is 0 Å². The van der Waals surface area contributed by atoms with E-state index >= 15 is 0 Å². The molecule has 1 aromatic carbocycles. The number of piperidine rings is 1. The van der Waals surface area contributed by atoms with Gasteiger partial charge in [-0.15, -0.1) is 0 Å². The number of nitrogens with one attached hydrogen (secondary N) is 1. The SMILES string of the molecule is CN(C)S(=O)(=O)N1CCC(c2cc(-c3ccccc3)n[nH]2)CC1. The van der Waals surface area contributed by atoms with E-state index in [4.69, 9.17) is 0 Å². The van der Waals surface area contributed by atoms with E-state index in [1.165, 1.54) is 4.31 Å². The van der Waals surface area contributed by atoms with Crippen molar-refractivity contribution >= 4 is 10.2 Å². The number of hydrogen-bond donors (Lipinski definition) is 1. The average Bonchev–Trinajstić information content (AvgIpc) is 3.05. The van der Waals surface area contributed by atoms with Crippen molar-refractivity contribution in [1.82, 2.24) is 18.8 Å². The van der Waals surface area contributed by atoms with Crippen LogP contribution in [0.1, 0.15) is 24.5 Å². The molecule has 7 heteroatoms. The Bertz CT molecular complexity index is 747. The highest BCUT2D eigenvalue weighted by Gasteiger charge is 2.30. The van der Waals surface area contributed by atoms with Gasteiger partial charge >= 0.3 is 0 Å². The third kappa shape index (κ3) is 3.31. The zero-order valence-electron chi connectivity index (χ0n) is 13.4. The highest BCUT2D eigenvalue weighted by molar-refractivity contribution is 7.86. The van der Waals surface area contributed by atoms with Crippen molar-refractivity contribution in [2.24, 2.45) is 0 Å². The molecule has 0 radical (unpaired) electrons. The van der Waals surface area contributed by atoms with Gasteiger partial charge in [-0.2, -0.15) is 22.1 Å². The normalized spacial score (nSPS) is 17.7. The van der Waals surface area contributed by atoms with E-state index in [0.717, 1.165) is 29.8 Å². The van der Waals surface area contributed by atoms with Crippen LogP contribution in [0.2, 0.25) is 0 Å². The molecule has 2 aromatic rings. The molecular formula is C16H22N4O2S. The topological polar surface area (TPSA) is 69.3 Å². The van der Waals surface area contributed by atoms with Gasteiger partial charge in [0.1, 0.15) is 0 Å². The summed E-state index contributed by atoms with van der Waals surface area (Å²) in [5.74, 6) is 0.327. The second kappa shape index (κ2) is 6.43. The molecule has 0 aliphatic carbocycles. The third-order valence-electron chi connectivity index (χ3n) is 4.35. The fourth-order valence-corrected chi connectivity index (χ4v) is 4.07. The number of aromatic amines is 1. The summed E-state index contributed by atoms with van der Waals surface area (Å²) in [4.78, 5) is 0. The molecule has 124 valence electrons. The van der Waals surface area contributed by atoms with Crippen LogP contribution >= 0.6 is 0 Å². The van der Waals surface area contributed by atoms with Gasteiger partial charge in [0.05, 0.1) is 5.69 Å². The van der Waals surface area contributed by atoms with Gasteiger partial charge in [-0.1, -0.05) is 30.3 Å². The Kier molecular flexibility index (Phi) is 4.52. The van der Waals surface area contributed by atoms with Gasteiger partial charge in [0.25, 0.3) is 10.2 Å². The Balaban J connectivity index is 1.68. The van der Waals surface area contributed by atoms with Gasteiger partial charge in [0.2, 0.25) is 0 Å². The molecule has 1 aromatic heterocycles. The highest BCUT2D eigenvalue weighted by Crippen LogP contribution is 2.30. The lowest BCUT2D eigenvalue weighted by atomic mass is 9.94. The molecule has 2 heterocycles. The van der Waals surface area contributed by atoms with E-state index in [-0.39, 0.29) is 0 Å². The number of H-pyrrole nitrogens is 1. The Morgan fingerprint density at radius 3 is 2.43 bits per heavy atom. The van der Waals surface area contributed by atoms with Crippen LogP contribution in [0.4, 0.5) is 0 Å². The maximum Gasteiger partial charge on any atom is 0.281 e. The van der Waals surface area contributed by atoms with E-state index in [0.29, 0.717) is 19.0 Å². The van der Waals surface area contributed by atoms with Gasteiger partial charge in [-0.3, -0.25) is 5.10 Å². The summed E-state index contributed by atoms with van der Waals surface area (Å²) in [6, 6.07) is 12.1. The van der Waals surface area contributed by atoms with Crippen molar-refractivity contribution in [1.29, 1.82) is 0 Å². The van der Waals surface area contributed by atoms with Crippen molar-refractivity contribution < 1.29 is 8.42 Å². The van der Waals surface area contributed by atoms with Gasteiger partial charge < -0.3 is 0 Å². The maximum atomic E-state index is 12.1. The van der Waals surface area contributed by atoms with Crippen LogP contribution in [-0.2, 0) is 10.2 Å². The van der Waals surface area contributed by atoms with Crippen LogP contribution in [0.3, 0.4) is 0 Å². The minimum Gasteiger partial charge on any atom is -0.282 e. The molecule has 6 nitrogen and oxygen atoms in total. The van der Waals surface area contributed by atoms with Crippen molar-refractivity contribution in [3.63, 3.8) is 0 Å². The molecular weight excluding hydrogens is 312 g/mol. The predicted molar refractivity (Wildman–Crippen MR) is 90.2 cm³/mol. The van der Waals surface area contributed by atoms with E-state index in [2.05, 4.69) is 16.3 Å². The Morgan fingerprint density at radius 1 is 1.17 bits per heavy atom. The molecule has 1 saturated heterocycles. The fraction of sp³-hybridized carbons (Fsp3) is 0.438. The summed E-state index contributed by atoms with van der Waals surface area (Å²) in [5, 5.41) is 7.51. The quantitative estimate of drug-likeness (QED) is 0.930. The molecule has 0 spiro atoms. The molecule has 1 N–H and O–H groups in total. The van der Waals surface area contributed by atoms with E-state index in [1.54, 1.807) is 18.4 Å². The number of rotatable bonds is 4. The van der Waals surface area contributed by atoms with Crippen LogP contribution in [0, 0.1) is 0 Å². The largest absolute Gasteiger partial charge is 0.282 e. The number of aromatic nitrogens is 2. The maximum absolute atomic E-state index is 12.1. The third-order valence-corrected chi connectivity index (χ3v) is 6.29. The average molecular weight is 334 g/mol. The van der Waals surface area contributed by atoms with Gasteiger partial charge in [-0.25, -0.2) is 0 Å². The molecule has 1 aliphatic rings. The van der Waals surface area contributed by atoms with Crippen molar-refractivity contribution in [2.45, 2.75) is 18.8 Å². The minimum absolute atomic E-state index is 0.327. The van der Waals surface area contributed by atoms with Crippen molar-refractivity contribution in [3.05, 3.63) is 42.1 Å². The standard InChI is InChI=1S/C16H22N4O2S/c1-19(2)23(21,22)20-10-8-14(9-11-20)16-12-15(17-18-16)13-6-4-3-5-7-13/h3-7,12,14H,8-11H2,1-2H3,(H,17,18). The summed E-state index contributed by atoms with van der Waals surface area (Å²) in [5.41, 5.74) is 3.11. The number of benzene rings is 1. The number of hydrogen-bond acceptors (Lipinski definition) is 3. The molecule has 0 bridgehead atoms. The first-order valence-electron chi connectivity index (χ1n) is 7.77. The van der Waals surface area contributed by atoms with E-state index in [1.807, 2.05) is 30.3 Å². The molecule has 3 rings (SSSR count). The zero-order chi connectivity index (χ0) is 16.4. The van der Waals surface area contributed by atoms with Crippen molar-refractivity contribution in [3.8, 4) is 11.3 Å². The van der Waals surface area contributed by atoms with E-state index in [9.17, 15) is 8.42 Å². The minimum atomic E-state index is -3.30. The lowest BCUT2D eigenvalue weighted by molar-refractivity contribution is 0.300. The van der Waals surface area contributed by atoms with Crippen LogP contribution in [0.25, 0.3) is 11.3 Å². The summed E-state index contributed by atoms with van der Waals surface area (Å²) in [6.45, 7) is 1.09. The van der Waals surface area contributed by atoms with Crippen LogP contribution in [-0.4, -0.2) is 54.4 Å². The Labute approximate surface area is 137 Å².